The molecule has 0 aromatic heterocycles. The first kappa shape index (κ1) is 16.5. The second kappa shape index (κ2) is 5.94. The van der Waals surface area contributed by atoms with E-state index in [1.54, 1.807) is 12.1 Å². The third-order valence-corrected chi connectivity index (χ3v) is 6.63. The van der Waals surface area contributed by atoms with Gasteiger partial charge in [-0.2, -0.15) is 0 Å². The second-order valence-electron chi connectivity index (χ2n) is 8.07. The number of allylic oxidation sites excluding steroid dienone is 2. The van der Waals surface area contributed by atoms with Crippen LogP contribution in [0.3, 0.4) is 0 Å². The molecular weight excluding hydrogens is 344 g/mol. The standard InChI is InChI=1S/C21H22N2O4/c24-19-17-12-4-5-13(10-12)18(17)20(25)23(19)16-11-14(21(26)27)6-7-15(16)22-8-2-1-3-9-22/h4-7,11-13,17-18H,1-3,8-10H2,(H,26,27). The summed E-state index contributed by atoms with van der Waals surface area (Å²) in [7, 11) is 0. The van der Waals surface area contributed by atoms with Gasteiger partial charge >= 0.3 is 5.97 Å². The maximum Gasteiger partial charge on any atom is 0.335 e. The van der Waals surface area contributed by atoms with Crippen LogP contribution in [0.4, 0.5) is 11.4 Å². The molecule has 0 radical (unpaired) electrons. The molecule has 4 aliphatic rings. The van der Waals surface area contributed by atoms with Crippen LogP contribution < -0.4 is 9.80 Å². The third-order valence-electron chi connectivity index (χ3n) is 6.63. The predicted octanol–water partition coefficient (Wildman–Crippen LogP) is 2.69. The molecule has 1 saturated carbocycles. The number of rotatable bonds is 3. The highest BCUT2D eigenvalue weighted by Gasteiger charge is 2.60. The van der Waals surface area contributed by atoms with Crippen molar-refractivity contribution < 1.29 is 19.5 Å². The highest BCUT2D eigenvalue weighted by atomic mass is 16.4. The molecule has 2 bridgehead atoms. The SMILES string of the molecule is O=C(O)c1ccc(N2CCCCC2)c(N2C(=O)C3C4C=CC(C4)C3C2=O)c1. The number of nitrogens with zero attached hydrogens (tertiary/aromatic N) is 2. The maximum absolute atomic E-state index is 13.2. The minimum Gasteiger partial charge on any atom is -0.478 e. The summed E-state index contributed by atoms with van der Waals surface area (Å²) in [6.07, 6.45) is 8.30. The van der Waals surface area contributed by atoms with Gasteiger partial charge in [0.05, 0.1) is 28.8 Å². The minimum absolute atomic E-state index is 0.101. The molecule has 1 aromatic rings. The van der Waals surface area contributed by atoms with Gasteiger partial charge in [0.2, 0.25) is 11.8 Å². The lowest BCUT2D eigenvalue weighted by atomic mass is 9.85. The molecule has 5 rings (SSSR count). The number of carboxylic acid groups (broad SMARTS) is 1. The van der Waals surface area contributed by atoms with E-state index >= 15 is 0 Å². The zero-order valence-corrected chi connectivity index (χ0v) is 15.0. The summed E-state index contributed by atoms with van der Waals surface area (Å²) in [5.41, 5.74) is 1.34. The first-order valence-corrected chi connectivity index (χ1v) is 9.74. The number of anilines is 2. The molecule has 6 heteroatoms. The Morgan fingerprint density at radius 2 is 1.56 bits per heavy atom. The van der Waals surface area contributed by atoms with Crippen LogP contribution in [0, 0.1) is 23.7 Å². The Balaban J connectivity index is 1.59. The van der Waals surface area contributed by atoms with Crippen LogP contribution >= 0.6 is 0 Å². The van der Waals surface area contributed by atoms with Gasteiger partial charge in [0, 0.05) is 13.1 Å². The highest BCUT2D eigenvalue weighted by Crippen LogP contribution is 2.54. The van der Waals surface area contributed by atoms with E-state index in [1.807, 2.05) is 0 Å². The number of carboxylic acids is 1. The lowest BCUT2D eigenvalue weighted by Crippen LogP contribution is -2.36. The maximum atomic E-state index is 13.2. The van der Waals surface area contributed by atoms with Crippen molar-refractivity contribution in [3.05, 3.63) is 35.9 Å². The van der Waals surface area contributed by atoms with Crippen LogP contribution in [0.15, 0.2) is 30.4 Å². The fraction of sp³-hybridized carbons (Fsp3) is 0.476. The molecule has 6 nitrogen and oxygen atoms in total. The number of piperidine rings is 1. The highest BCUT2D eigenvalue weighted by molar-refractivity contribution is 6.24. The monoisotopic (exact) mass is 366 g/mol. The second-order valence-corrected chi connectivity index (χ2v) is 8.07. The largest absolute Gasteiger partial charge is 0.478 e. The number of carbonyl (C=O) groups excluding carboxylic acids is 2. The van der Waals surface area contributed by atoms with Gasteiger partial charge in [-0.25, -0.2) is 9.69 Å². The Labute approximate surface area is 157 Å². The number of fused-ring (bicyclic) bond motifs is 5. The molecule has 2 heterocycles. The number of hydrogen-bond donors (Lipinski definition) is 1. The summed E-state index contributed by atoms with van der Waals surface area (Å²) in [4.78, 5) is 41.4. The normalized spacial score (nSPS) is 31.7. The van der Waals surface area contributed by atoms with Crippen LogP contribution in [0.25, 0.3) is 0 Å². The molecule has 1 N–H and O–H groups in total. The Morgan fingerprint density at radius 1 is 0.926 bits per heavy atom. The van der Waals surface area contributed by atoms with Crippen molar-refractivity contribution >= 4 is 29.2 Å². The number of hydrogen-bond acceptors (Lipinski definition) is 4. The number of benzene rings is 1. The zero-order chi connectivity index (χ0) is 18.7. The van der Waals surface area contributed by atoms with Gasteiger partial charge < -0.3 is 10.0 Å². The zero-order valence-electron chi connectivity index (χ0n) is 15.0. The van der Waals surface area contributed by atoms with Crippen molar-refractivity contribution in [3.8, 4) is 0 Å². The van der Waals surface area contributed by atoms with Gasteiger partial charge in [-0.15, -0.1) is 0 Å². The first-order chi connectivity index (χ1) is 13.1. The fourth-order valence-corrected chi connectivity index (χ4v) is 5.38. The van der Waals surface area contributed by atoms with Gasteiger partial charge in [0.25, 0.3) is 0 Å². The summed E-state index contributed by atoms with van der Waals surface area (Å²) in [6.45, 7) is 1.71. The van der Waals surface area contributed by atoms with Crippen LogP contribution in [-0.2, 0) is 9.59 Å². The average Bonchev–Trinajstić information content (AvgIpc) is 3.36. The third kappa shape index (κ3) is 2.35. The summed E-state index contributed by atoms with van der Waals surface area (Å²) >= 11 is 0. The van der Waals surface area contributed by atoms with E-state index in [-0.39, 0.29) is 41.0 Å². The van der Waals surface area contributed by atoms with E-state index in [0.717, 1.165) is 38.0 Å². The Bertz CT molecular complexity index is 841. The Morgan fingerprint density at radius 3 is 2.15 bits per heavy atom. The Hall–Kier alpha value is -2.63. The average molecular weight is 366 g/mol. The number of imide groups is 1. The van der Waals surface area contributed by atoms with E-state index in [0.29, 0.717) is 5.69 Å². The molecule has 2 saturated heterocycles. The summed E-state index contributed by atoms with van der Waals surface area (Å²) < 4.78 is 0. The number of carbonyl (C=O) groups is 3. The number of amides is 2. The van der Waals surface area contributed by atoms with Gasteiger partial charge in [0.1, 0.15) is 0 Å². The quantitative estimate of drug-likeness (QED) is 0.657. The molecule has 3 fully saturated rings. The van der Waals surface area contributed by atoms with Gasteiger partial charge in [-0.1, -0.05) is 12.2 Å². The van der Waals surface area contributed by atoms with Crippen LogP contribution in [-0.4, -0.2) is 36.0 Å². The van der Waals surface area contributed by atoms with Crippen molar-refractivity contribution in [2.75, 3.05) is 22.9 Å². The molecule has 2 amide bonds. The molecular formula is C21H22N2O4. The molecule has 4 atom stereocenters. The van der Waals surface area contributed by atoms with E-state index in [1.165, 1.54) is 17.4 Å². The lowest BCUT2D eigenvalue weighted by molar-refractivity contribution is -0.123. The van der Waals surface area contributed by atoms with Crippen LogP contribution in [0.2, 0.25) is 0 Å². The van der Waals surface area contributed by atoms with Gasteiger partial charge in [0.15, 0.2) is 0 Å². The Kier molecular flexibility index (Phi) is 3.64. The first-order valence-electron chi connectivity index (χ1n) is 9.74. The molecule has 2 aliphatic heterocycles. The topological polar surface area (TPSA) is 77.9 Å². The molecule has 1 aromatic carbocycles. The number of aromatic carboxylic acids is 1. The summed E-state index contributed by atoms with van der Waals surface area (Å²) in [5, 5.41) is 9.43. The van der Waals surface area contributed by atoms with Crippen molar-refractivity contribution in [2.45, 2.75) is 25.7 Å². The van der Waals surface area contributed by atoms with Crippen LogP contribution in [0.5, 0.6) is 0 Å². The summed E-state index contributed by atoms with van der Waals surface area (Å²) in [6, 6.07) is 4.82. The minimum atomic E-state index is -1.05. The molecule has 2 aliphatic carbocycles. The van der Waals surface area contributed by atoms with Gasteiger partial charge in [-0.3, -0.25) is 9.59 Å². The van der Waals surface area contributed by atoms with E-state index in [4.69, 9.17) is 0 Å². The van der Waals surface area contributed by atoms with Crippen molar-refractivity contribution in [3.63, 3.8) is 0 Å². The van der Waals surface area contributed by atoms with E-state index in [9.17, 15) is 19.5 Å². The summed E-state index contributed by atoms with van der Waals surface area (Å²) in [5.74, 6) is -1.66. The molecule has 140 valence electrons. The predicted molar refractivity (Wildman–Crippen MR) is 99.7 cm³/mol. The van der Waals surface area contributed by atoms with E-state index < -0.39 is 5.97 Å². The fourth-order valence-electron chi connectivity index (χ4n) is 5.38. The molecule has 27 heavy (non-hydrogen) atoms. The van der Waals surface area contributed by atoms with Crippen molar-refractivity contribution in [1.29, 1.82) is 0 Å². The lowest BCUT2D eigenvalue weighted by Gasteiger charge is -2.32. The van der Waals surface area contributed by atoms with Gasteiger partial charge in [-0.05, 0) is 55.7 Å². The van der Waals surface area contributed by atoms with E-state index in [2.05, 4.69) is 17.1 Å². The van der Waals surface area contributed by atoms with Crippen molar-refractivity contribution in [2.24, 2.45) is 23.7 Å². The van der Waals surface area contributed by atoms with Crippen LogP contribution in [0.1, 0.15) is 36.0 Å². The molecule has 0 spiro atoms. The smallest absolute Gasteiger partial charge is 0.335 e. The van der Waals surface area contributed by atoms with Crippen molar-refractivity contribution in [1.82, 2.24) is 0 Å². The molecule has 4 unspecified atom stereocenters.